The predicted octanol–water partition coefficient (Wildman–Crippen LogP) is 2.45. The molecule has 2 N–H and O–H groups in total. The maximum Gasteiger partial charge on any atom is 0.321 e. The number of sulfonamides is 1. The predicted molar refractivity (Wildman–Crippen MR) is 111 cm³/mol. The first-order valence-electron chi connectivity index (χ1n) is 10.1. The number of hydrogen-bond acceptors (Lipinski definition) is 5. The molecule has 1 amide bonds. The highest BCUT2D eigenvalue weighted by Gasteiger charge is 2.30. The third-order valence-electron chi connectivity index (χ3n) is 5.91. The Kier molecular flexibility index (Phi) is 7.82. The van der Waals surface area contributed by atoms with Crippen molar-refractivity contribution in [3.8, 4) is 0 Å². The zero-order chi connectivity index (χ0) is 21.8. The summed E-state index contributed by atoms with van der Waals surface area (Å²) in [7, 11) is -3.84. The Morgan fingerprint density at radius 2 is 1.86 bits per heavy atom. The number of rotatable bonds is 7. The average molecular weight is 425 g/mol. The molecule has 1 fully saturated rings. The first kappa shape index (κ1) is 23.3. The smallest absolute Gasteiger partial charge is 0.321 e. The van der Waals surface area contributed by atoms with Gasteiger partial charge < -0.3 is 10.1 Å². The van der Waals surface area contributed by atoms with Gasteiger partial charge in [-0.15, -0.1) is 0 Å². The van der Waals surface area contributed by atoms with Crippen molar-refractivity contribution >= 4 is 21.9 Å². The SMILES string of the molecule is Cc1ccc(S(=O)(=O)NCC(=O)OC(C)C(=O)NC2CCCC(C)C2C)cc1C. The molecule has 1 aromatic carbocycles. The molecule has 0 heterocycles. The Morgan fingerprint density at radius 1 is 1.17 bits per heavy atom. The van der Waals surface area contributed by atoms with E-state index in [0.29, 0.717) is 11.8 Å². The van der Waals surface area contributed by atoms with Crippen LogP contribution in [-0.2, 0) is 24.3 Å². The number of nitrogens with one attached hydrogen (secondary N) is 2. The van der Waals surface area contributed by atoms with Gasteiger partial charge in [-0.3, -0.25) is 9.59 Å². The molecule has 1 aliphatic rings. The molecule has 162 valence electrons. The highest BCUT2D eigenvalue weighted by Crippen LogP contribution is 2.29. The standard InChI is InChI=1S/C21H32N2O5S/c1-13-9-10-18(11-15(13)3)29(26,27)22-12-20(24)28-17(5)21(25)23-19-8-6-7-14(2)16(19)4/h9-11,14,16-17,19,22H,6-8,12H2,1-5H3,(H,23,25). The minimum Gasteiger partial charge on any atom is -0.452 e. The Hall–Kier alpha value is -1.93. The normalized spacial score (nSPS) is 23.3. The summed E-state index contributed by atoms with van der Waals surface area (Å²) in [5.41, 5.74) is 1.82. The lowest BCUT2D eigenvalue weighted by molar-refractivity contribution is -0.154. The Morgan fingerprint density at radius 3 is 2.52 bits per heavy atom. The van der Waals surface area contributed by atoms with Crippen LogP contribution < -0.4 is 10.0 Å². The molecule has 0 saturated heterocycles. The molecular weight excluding hydrogens is 392 g/mol. The summed E-state index contributed by atoms with van der Waals surface area (Å²) in [6, 6.07) is 4.81. The second-order valence-electron chi connectivity index (χ2n) is 8.09. The Balaban J connectivity index is 1.86. The Bertz CT molecular complexity index is 853. The number of aryl methyl sites for hydroxylation is 2. The van der Waals surface area contributed by atoms with Gasteiger partial charge in [-0.1, -0.05) is 32.8 Å². The van der Waals surface area contributed by atoms with E-state index in [1.54, 1.807) is 12.1 Å². The highest BCUT2D eigenvalue weighted by molar-refractivity contribution is 7.89. The van der Waals surface area contributed by atoms with Gasteiger partial charge in [0, 0.05) is 6.04 Å². The maximum absolute atomic E-state index is 12.4. The van der Waals surface area contributed by atoms with Crippen LogP contribution in [0, 0.1) is 25.7 Å². The lowest BCUT2D eigenvalue weighted by Gasteiger charge is -2.35. The third kappa shape index (κ3) is 6.27. The van der Waals surface area contributed by atoms with Crippen molar-refractivity contribution in [1.82, 2.24) is 10.0 Å². The molecule has 4 atom stereocenters. The van der Waals surface area contributed by atoms with Crippen LogP contribution in [0.25, 0.3) is 0 Å². The molecule has 0 radical (unpaired) electrons. The van der Waals surface area contributed by atoms with Gasteiger partial charge in [0.2, 0.25) is 10.0 Å². The van der Waals surface area contributed by atoms with E-state index in [4.69, 9.17) is 4.74 Å². The van der Waals surface area contributed by atoms with Gasteiger partial charge in [-0.2, -0.15) is 4.72 Å². The second-order valence-corrected chi connectivity index (χ2v) is 9.85. The molecule has 0 bridgehead atoms. The van der Waals surface area contributed by atoms with E-state index in [0.717, 1.165) is 30.4 Å². The highest BCUT2D eigenvalue weighted by atomic mass is 32.2. The summed E-state index contributed by atoms with van der Waals surface area (Å²) in [6.45, 7) is 8.95. The molecular formula is C21H32N2O5S. The van der Waals surface area contributed by atoms with Crippen molar-refractivity contribution in [3.63, 3.8) is 0 Å². The first-order valence-corrected chi connectivity index (χ1v) is 11.6. The zero-order valence-electron chi connectivity index (χ0n) is 17.8. The summed E-state index contributed by atoms with van der Waals surface area (Å²) in [6.07, 6.45) is 2.13. The molecule has 4 unspecified atom stereocenters. The van der Waals surface area contributed by atoms with Gasteiger partial charge >= 0.3 is 5.97 Å². The molecule has 1 aliphatic carbocycles. The van der Waals surface area contributed by atoms with Gasteiger partial charge in [0.1, 0.15) is 6.54 Å². The van der Waals surface area contributed by atoms with E-state index in [9.17, 15) is 18.0 Å². The number of carbonyl (C=O) groups excluding carboxylic acids is 2. The zero-order valence-corrected chi connectivity index (χ0v) is 18.6. The van der Waals surface area contributed by atoms with Crippen LogP contribution in [-0.4, -0.2) is 39.0 Å². The molecule has 29 heavy (non-hydrogen) atoms. The van der Waals surface area contributed by atoms with E-state index in [2.05, 4.69) is 23.9 Å². The fourth-order valence-electron chi connectivity index (χ4n) is 3.50. The van der Waals surface area contributed by atoms with Crippen molar-refractivity contribution < 1.29 is 22.7 Å². The second kappa shape index (κ2) is 9.71. The van der Waals surface area contributed by atoms with Crippen molar-refractivity contribution in [2.45, 2.75) is 70.9 Å². The lowest BCUT2D eigenvalue weighted by Crippen LogP contribution is -2.48. The Labute approximate surface area is 173 Å². The number of ether oxygens (including phenoxy) is 1. The van der Waals surface area contributed by atoms with Crippen LogP contribution in [0.4, 0.5) is 0 Å². The van der Waals surface area contributed by atoms with Gasteiger partial charge in [0.05, 0.1) is 4.90 Å². The van der Waals surface area contributed by atoms with Crippen molar-refractivity contribution in [1.29, 1.82) is 0 Å². The van der Waals surface area contributed by atoms with Gasteiger partial charge in [0.15, 0.2) is 6.10 Å². The molecule has 1 saturated carbocycles. The fraction of sp³-hybridized carbons (Fsp3) is 0.619. The lowest BCUT2D eigenvalue weighted by atomic mass is 9.78. The number of carbonyl (C=O) groups is 2. The van der Waals surface area contributed by atoms with Crippen LogP contribution >= 0.6 is 0 Å². The fourth-order valence-corrected chi connectivity index (χ4v) is 4.55. The third-order valence-corrected chi connectivity index (χ3v) is 7.31. The van der Waals surface area contributed by atoms with E-state index in [-0.39, 0.29) is 16.8 Å². The topological polar surface area (TPSA) is 102 Å². The van der Waals surface area contributed by atoms with E-state index >= 15 is 0 Å². The van der Waals surface area contributed by atoms with Crippen molar-refractivity contribution in [2.75, 3.05) is 6.54 Å². The summed E-state index contributed by atoms with van der Waals surface area (Å²) in [5.74, 6) is -0.265. The van der Waals surface area contributed by atoms with E-state index in [1.165, 1.54) is 13.0 Å². The summed E-state index contributed by atoms with van der Waals surface area (Å²) in [4.78, 5) is 24.5. The molecule has 8 heteroatoms. The average Bonchev–Trinajstić information content (AvgIpc) is 2.66. The first-order chi connectivity index (χ1) is 13.5. The monoisotopic (exact) mass is 424 g/mol. The minimum atomic E-state index is -3.84. The van der Waals surface area contributed by atoms with Crippen LogP contribution in [0.3, 0.4) is 0 Å². The van der Waals surface area contributed by atoms with Crippen molar-refractivity contribution in [2.24, 2.45) is 11.8 Å². The molecule has 2 rings (SSSR count). The largest absolute Gasteiger partial charge is 0.452 e. The molecule has 7 nitrogen and oxygen atoms in total. The minimum absolute atomic E-state index is 0.0654. The molecule has 1 aromatic rings. The van der Waals surface area contributed by atoms with Crippen LogP contribution in [0.15, 0.2) is 23.1 Å². The van der Waals surface area contributed by atoms with E-state index < -0.39 is 28.6 Å². The van der Waals surface area contributed by atoms with Crippen LogP contribution in [0.5, 0.6) is 0 Å². The van der Waals surface area contributed by atoms with Gasteiger partial charge in [-0.25, -0.2) is 8.42 Å². The number of hydrogen-bond donors (Lipinski definition) is 2. The molecule has 0 spiro atoms. The van der Waals surface area contributed by atoms with Crippen LogP contribution in [0.1, 0.15) is 51.2 Å². The number of esters is 1. The maximum atomic E-state index is 12.4. The number of amides is 1. The summed E-state index contributed by atoms with van der Waals surface area (Å²) >= 11 is 0. The van der Waals surface area contributed by atoms with Crippen LogP contribution in [0.2, 0.25) is 0 Å². The van der Waals surface area contributed by atoms with Crippen molar-refractivity contribution in [3.05, 3.63) is 29.3 Å². The summed E-state index contributed by atoms with van der Waals surface area (Å²) < 4.78 is 32.0. The quantitative estimate of drug-likeness (QED) is 0.655. The summed E-state index contributed by atoms with van der Waals surface area (Å²) in [5, 5.41) is 2.96. The van der Waals surface area contributed by atoms with Gasteiger partial charge in [0.25, 0.3) is 5.91 Å². The molecule has 0 aromatic heterocycles. The van der Waals surface area contributed by atoms with E-state index in [1.807, 2.05) is 13.8 Å². The number of benzene rings is 1. The van der Waals surface area contributed by atoms with Gasteiger partial charge in [-0.05, 0) is 62.3 Å². The molecule has 0 aliphatic heterocycles.